The molecule has 0 aromatic carbocycles. The number of nitrogens with one attached hydrogen (secondary N) is 1. The van der Waals surface area contributed by atoms with Gasteiger partial charge < -0.3 is 14.7 Å². The average Bonchev–Trinajstić information content (AvgIpc) is 2.70. The Morgan fingerprint density at radius 2 is 2.05 bits per heavy atom. The summed E-state index contributed by atoms with van der Waals surface area (Å²) in [7, 11) is 0. The maximum atomic E-state index is 12.6. The van der Waals surface area contributed by atoms with Crippen molar-refractivity contribution in [3.8, 4) is 0 Å². The van der Waals surface area contributed by atoms with Gasteiger partial charge >= 0.3 is 0 Å². The molecule has 2 atom stereocenters. The van der Waals surface area contributed by atoms with Gasteiger partial charge in [-0.25, -0.2) is 0 Å². The average molecular weight is 279 g/mol. The van der Waals surface area contributed by atoms with E-state index < -0.39 is 0 Å². The van der Waals surface area contributed by atoms with Crippen LogP contribution in [0.4, 0.5) is 0 Å². The first-order chi connectivity index (χ1) is 9.41. The molecule has 0 bridgehead atoms. The molecule has 1 aromatic heterocycles. The lowest BCUT2D eigenvalue weighted by Gasteiger charge is -2.37. The number of aryl methyl sites for hydroxylation is 2. The van der Waals surface area contributed by atoms with Crippen LogP contribution < -0.4 is 5.32 Å². The minimum Gasteiger partial charge on any atom is -0.361 e. The molecule has 2 rings (SSSR count). The Morgan fingerprint density at radius 3 is 2.60 bits per heavy atom. The molecule has 0 spiro atoms. The molecule has 1 aliphatic rings. The van der Waals surface area contributed by atoms with E-state index >= 15 is 0 Å². The van der Waals surface area contributed by atoms with Crippen LogP contribution in [0.5, 0.6) is 0 Å². The first kappa shape index (κ1) is 15.0. The zero-order chi connectivity index (χ0) is 14.9. The third-order valence-corrected chi connectivity index (χ3v) is 3.98. The highest BCUT2D eigenvalue weighted by molar-refractivity contribution is 5.83. The molecule has 20 heavy (non-hydrogen) atoms. The van der Waals surface area contributed by atoms with Crippen molar-refractivity contribution in [2.75, 3.05) is 6.54 Å². The largest absolute Gasteiger partial charge is 0.361 e. The Hall–Kier alpha value is -1.36. The van der Waals surface area contributed by atoms with E-state index in [1.165, 1.54) is 0 Å². The highest BCUT2D eigenvalue weighted by Gasteiger charge is 2.34. The second kappa shape index (κ2) is 5.95. The topological polar surface area (TPSA) is 58.4 Å². The summed E-state index contributed by atoms with van der Waals surface area (Å²) in [6.45, 7) is 10.8. The van der Waals surface area contributed by atoms with E-state index in [-0.39, 0.29) is 18.0 Å². The van der Waals surface area contributed by atoms with Crippen molar-refractivity contribution >= 4 is 5.91 Å². The summed E-state index contributed by atoms with van der Waals surface area (Å²) < 4.78 is 5.23. The van der Waals surface area contributed by atoms with Crippen LogP contribution in [0.3, 0.4) is 0 Å². The number of nitrogens with zero attached hydrogens (tertiary/aromatic N) is 2. The molecule has 0 aliphatic carbocycles. The number of likely N-dealkylation sites (tertiary alicyclic amines) is 1. The first-order valence-electron chi connectivity index (χ1n) is 7.41. The van der Waals surface area contributed by atoms with E-state index in [1.807, 2.05) is 18.7 Å². The van der Waals surface area contributed by atoms with E-state index in [9.17, 15) is 4.79 Å². The van der Waals surface area contributed by atoms with E-state index in [0.717, 1.165) is 36.4 Å². The van der Waals surface area contributed by atoms with E-state index in [4.69, 9.17) is 4.52 Å². The Morgan fingerprint density at radius 1 is 1.35 bits per heavy atom. The Balaban J connectivity index is 2.17. The van der Waals surface area contributed by atoms with Gasteiger partial charge in [-0.1, -0.05) is 19.0 Å². The van der Waals surface area contributed by atoms with Gasteiger partial charge in [0.1, 0.15) is 5.76 Å². The predicted molar refractivity (Wildman–Crippen MR) is 77.4 cm³/mol. The summed E-state index contributed by atoms with van der Waals surface area (Å²) in [4.78, 5) is 14.6. The lowest BCUT2D eigenvalue weighted by atomic mass is 9.98. The molecular weight excluding hydrogens is 254 g/mol. The number of hydrogen-bond acceptors (Lipinski definition) is 4. The zero-order valence-electron chi connectivity index (χ0n) is 13.1. The van der Waals surface area contributed by atoms with Crippen LogP contribution in [0, 0.1) is 13.8 Å². The fraction of sp³-hybridized carbons (Fsp3) is 0.733. The van der Waals surface area contributed by atoms with Crippen molar-refractivity contribution in [3.63, 3.8) is 0 Å². The van der Waals surface area contributed by atoms with Crippen molar-refractivity contribution in [1.29, 1.82) is 0 Å². The molecule has 1 amide bonds. The summed E-state index contributed by atoms with van der Waals surface area (Å²) in [6.07, 6.45) is 1.95. The predicted octanol–water partition coefficient (Wildman–Crippen LogP) is 2.34. The van der Waals surface area contributed by atoms with Gasteiger partial charge in [0, 0.05) is 18.2 Å². The van der Waals surface area contributed by atoms with Crippen LogP contribution in [-0.2, 0) is 4.79 Å². The van der Waals surface area contributed by atoms with E-state index in [1.54, 1.807) is 0 Å². The SMILES string of the molecule is Cc1noc(C)c1C(C)N1CCCC(NC(C)C)C1=O. The molecule has 2 heterocycles. The minimum atomic E-state index is -0.0633. The minimum absolute atomic E-state index is 0.0190. The molecule has 1 aliphatic heterocycles. The van der Waals surface area contributed by atoms with Crippen molar-refractivity contribution in [2.45, 2.75) is 65.6 Å². The summed E-state index contributed by atoms with van der Waals surface area (Å²) in [5.74, 6) is 0.999. The zero-order valence-corrected chi connectivity index (χ0v) is 13.1. The molecule has 1 N–H and O–H groups in total. The van der Waals surface area contributed by atoms with Crippen LogP contribution in [-0.4, -0.2) is 34.6 Å². The molecule has 112 valence electrons. The first-order valence-corrected chi connectivity index (χ1v) is 7.41. The van der Waals surface area contributed by atoms with Gasteiger partial charge in [0.05, 0.1) is 17.8 Å². The van der Waals surface area contributed by atoms with Crippen LogP contribution in [0.1, 0.15) is 56.7 Å². The number of piperidine rings is 1. The third-order valence-electron chi connectivity index (χ3n) is 3.98. The lowest BCUT2D eigenvalue weighted by Crippen LogP contribution is -2.53. The van der Waals surface area contributed by atoms with Crippen LogP contribution in [0.2, 0.25) is 0 Å². The number of hydrogen-bond donors (Lipinski definition) is 1. The number of carbonyl (C=O) groups is 1. The van der Waals surface area contributed by atoms with E-state index in [0.29, 0.717) is 6.04 Å². The molecule has 0 radical (unpaired) electrons. The molecule has 1 fully saturated rings. The van der Waals surface area contributed by atoms with Crippen molar-refractivity contribution < 1.29 is 9.32 Å². The molecule has 0 saturated carbocycles. The summed E-state index contributed by atoms with van der Waals surface area (Å²) in [5.41, 5.74) is 1.92. The van der Waals surface area contributed by atoms with Gasteiger partial charge in [-0.3, -0.25) is 4.79 Å². The lowest BCUT2D eigenvalue weighted by molar-refractivity contribution is -0.138. The summed E-state index contributed by atoms with van der Waals surface area (Å²) in [5, 5.41) is 7.36. The second-order valence-electron chi connectivity index (χ2n) is 5.96. The second-order valence-corrected chi connectivity index (χ2v) is 5.96. The van der Waals surface area contributed by atoms with Gasteiger partial charge in [0.25, 0.3) is 0 Å². The van der Waals surface area contributed by atoms with E-state index in [2.05, 4.69) is 31.2 Å². The van der Waals surface area contributed by atoms with Crippen molar-refractivity contribution in [2.24, 2.45) is 0 Å². The van der Waals surface area contributed by atoms with Gasteiger partial charge in [-0.05, 0) is 33.6 Å². The summed E-state index contributed by atoms with van der Waals surface area (Å²) in [6, 6.07) is 0.274. The summed E-state index contributed by atoms with van der Waals surface area (Å²) >= 11 is 0. The molecule has 5 nitrogen and oxygen atoms in total. The smallest absolute Gasteiger partial charge is 0.240 e. The van der Waals surface area contributed by atoms with Crippen LogP contribution in [0.15, 0.2) is 4.52 Å². The monoisotopic (exact) mass is 279 g/mol. The van der Waals surface area contributed by atoms with Crippen molar-refractivity contribution in [1.82, 2.24) is 15.4 Å². The third kappa shape index (κ3) is 2.87. The van der Waals surface area contributed by atoms with Crippen LogP contribution >= 0.6 is 0 Å². The Kier molecular flexibility index (Phi) is 4.48. The molecule has 5 heteroatoms. The van der Waals surface area contributed by atoms with Gasteiger partial charge in [-0.15, -0.1) is 0 Å². The normalized spacial score (nSPS) is 21.6. The fourth-order valence-corrected chi connectivity index (χ4v) is 3.08. The number of rotatable bonds is 4. The highest BCUT2D eigenvalue weighted by Crippen LogP contribution is 2.29. The molecular formula is C15H25N3O2. The quantitative estimate of drug-likeness (QED) is 0.919. The maximum Gasteiger partial charge on any atom is 0.240 e. The standard InChI is InChI=1S/C15H25N3O2/c1-9(2)16-13-7-6-8-18(15(13)19)11(4)14-10(3)17-20-12(14)5/h9,11,13,16H,6-8H2,1-5H3. The fourth-order valence-electron chi connectivity index (χ4n) is 3.08. The number of amides is 1. The van der Waals surface area contributed by atoms with Gasteiger partial charge in [0.15, 0.2) is 0 Å². The van der Waals surface area contributed by atoms with Crippen LogP contribution in [0.25, 0.3) is 0 Å². The Labute approximate surface area is 120 Å². The van der Waals surface area contributed by atoms with Gasteiger partial charge in [0.2, 0.25) is 5.91 Å². The number of carbonyl (C=O) groups excluding carboxylic acids is 1. The van der Waals surface area contributed by atoms with Crippen molar-refractivity contribution in [3.05, 3.63) is 17.0 Å². The Bertz CT molecular complexity index is 462. The van der Waals surface area contributed by atoms with Gasteiger partial charge in [-0.2, -0.15) is 0 Å². The molecule has 1 aromatic rings. The highest BCUT2D eigenvalue weighted by atomic mass is 16.5. The number of aromatic nitrogens is 1. The maximum absolute atomic E-state index is 12.6. The molecule has 2 unspecified atom stereocenters. The molecule has 1 saturated heterocycles.